The molecule has 2 N–H and O–H groups in total. The molecule has 1 aromatic carbocycles. The van der Waals surface area contributed by atoms with Crippen molar-refractivity contribution in [1.29, 1.82) is 0 Å². The Bertz CT molecular complexity index is 600. The van der Waals surface area contributed by atoms with Crippen molar-refractivity contribution in [3.63, 3.8) is 0 Å². The number of aromatic nitrogens is 1. The van der Waals surface area contributed by atoms with Crippen LogP contribution in [-0.2, 0) is 4.57 Å². The Hall–Kier alpha value is -1.12. The fourth-order valence-electron chi connectivity index (χ4n) is 1.74. The lowest BCUT2D eigenvalue weighted by molar-refractivity contribution is 0.588. The summed E-state index contributed by atoms with van der Waals surface area (Å²) in [5, 5.41) is 0.738. The quantitative estimate of drug-likeness (QED) is 0.671. The number of hydrogen-bond acceptors (Lipinski definition) is 4. The molecule has 0 fully saturated rings. The van der Waals surface area contributed by atoms with Gasteiger partial charge < -0.3 is 10.3 Å². The number of nitrogen functional groups attached to an aromatic ring is 1. The summed E-state index contributed by atoms with van der Waals surface area (Å²) in [5.74, 6) is 0. The second kappa shape index (κ2) is 4.28. The molecule has 0 saturated carbocycles. The van der Waals surface area contributed by atoms with E-state index in [2.05, 4.69) is 4.98 Å². The highest BCUT2D eigenvalue weighted by atomic mass is 32.1. The van der Waals surface area contributed by atoms with Crippen molar-refractivity contribution in [2.75, 3.05) is 19.1 Å². The second-order valence-electron chi connectivity index (χ2n) is 4.38. The third-order valence-corrected chi connectivity index (χ3v) is 4.93. The summed E-state index contributed by atoms with van der Waals surface area (Å²) < 4.78 is 12.1. The topological polar surface area (TPSA) is 56.0 Å². The average molecular weight is 266 g/mol. The van der Waals surface area contributed by atoms with Gasteiger partial charge >= 0.3 is 0 Å². The maximum Gasteiger partial charge on any atom is 0.111 e. The Kier molecular flexibility index (Phi) is 3.11. The first-order valence-electron chi connectivity index (χ1n) is 5.25. The Morgan fingerprint density at radius 2 is 2.06 bits per heavy atom. The van der Waals surface area contributed by atoms with Gasteiger partial charge in [-0.25, -0.2) is 4.98 Å². The summed E-state index contributed by atoms with van der Waals surface area (Å²) in [6.45, 7) is 5.49. The zero-order chi connectivity index (χ0) is 12.6. The highest BCUT2D eigenvalue weighted by molar-refractivity contribution is 7.70. The first-order valence-corrected chi connectivity index (χ1v) is 8.73. The Morgan fingerprint density at radius 3 is 2.59 bits per heavy atom. The van der Waals surface area contributed by atoms with Gasteiger partial charge in [0.1, 0.15) is 7.14 Å². The lowest BCUT2D eigenvalue weighted by Gasteiger charge is -2.12. The molecule has 0 unspecified atom stereocenters. The molecule has 0 bridgehead atoms. The van der Waals surface area contributed by atoms with E-state index < -0.39 is 7.14 Å². The van der Waals surface area contributed by atoms with Gasteiger partial charge in [-0.2, -0.15) is 0 Å². The van der Waals surface area contributed by atoms with Crippen molar-refractivity contribution in [1.82, 2.24) is 4.98 Å². The zero-order valence-electron chi connectivity index (χ0n) is 10.1. The Balaban J connectivity index is 2.60. The maximum atomic E-state index is 12.1. The van der Waals surface area contributed by atoms with Crippen LogP contribution in [0.5, 0.6) is 0 Å². The van der Waals surface area contributed by atoms with Crippen molar-refractivity contribution < 1.29 is 4.57 Å². The van der Waals surface area contributed by atoms with Gasteiger partial charge in [-0.05, 0) is 32.4 Å². The van der Waals surface area contributed by atoms with Crippen molar-refractivity contribution >= 4 is 29.5 Å². The second-order valence-corrected chi connectivity index (χ2v) is 8.62. The van der Waals surface area contributed by atoms with Crippen LogP contribution < -0.4 is 11.0 Å². The number of hydrogen-bond donors (Lipinski definition) is 1. The Labute approximate surface area is 105 Å². The smallest absolute Gasteiger partial charge is 0.111 e. The lowest BCUT2D eigenvalue weighted by atomic mass is 10.1. The molecular formula is C12H15N2OPS. The molecule has 2 aromatic rings. The molecular weight excluding hydrogens is 251 g/mol. The molecule has 0 saturated heterocycles. The van der Waals surface area contributed by atoms with Crippen LogP contribution in [0.4, 0.5) is 5.69 Å². The van der Waals surface area contributed by atoms with E-state index in [1.54, 1.807) is 24.7 Å². The van der Waals surface area contributed by atoms with Crippen molar-refractivity contribution in [2.45, 2.75) is 6.92 Å². The van der Waals surface area contributed by atoms with Crippen molar-refractivity contribution in [3.05, 3.63) is 28.6 Å². The van der Waals surface area contributed by atoms with Crippen LogP contribution in [-0.4, -0.2) is 18.3 Å². The SMILES string of the molecule is Cc1scnc1-c1ccc(N)c(P(C)(C)=O)c1. The van der Waals surface area contributed by atoms with Crippen LogP contribution in [0.25, 0.3) is 11.3 Å². The molecule has 0 atom stereocenters. The molecule has 0 aliphatic rings. The number of rotatable bonds is 2. The monoisotopic (exact) mass is 266 g/mol. The van der Waals surface area contributed by atoms with Crippen molar-refractivity contribution in [2.24, 2.45) is 0 Å². The first-order chi connectivity index (χ1) is 7.89. The van der Waals surface area contributed by atoms with E-state index in [4.69, 9.17) is 5.73 Å². The summed E-state index contributed by atoms with van der Waals surface area (Å²) >= 11 is 1.61. The first kappa shape index (κ1) is 12.3. The van der Waals surface area contributed by atoms with Gasteiger partial charge in [0.15, 0.2) is 0 Å². The largest absolute Gasteiger partial charge is 0.398 e. The third-order valence-electron chi connectivity index (χ3n) is 2.63. The van der Waals surface area contributed by atoms with Crippen LogP contribution in [0, 0.1) is 6.92 Å². The molecule has 2 rings (SSSR count). The van der Waals surface area contributed by atoms with Gasteiger partial charge in [0, 0.05) is 21.4 Å². The van der Waals surface area contributed by atoms with E-state index in [1.807, 2.05) is 30.6 Å². The summed E-state index contributed by atoms with van der Waals surface area (Å²) in [6.07, 6.45) is 0. The molecule has 90 valence electrons. The van der Waals surface area contributed by atoms with Crippen LogP contribution in [0.1, 0.15) is 4.88 Å². The van der Waals surface area contributed by atoms with Crippen LogP contribution >= 0.6 is 18.5 Å². The maximum absolute atomic E-state index is 12.1. The normalized spacial score (nSPS) is 11.7. The van der Waals surface area contributed by atoms with E-state index in [-0.39, 0.29) is 0 Å². The van der Waals surface area contributed by atoms with E-state index in [1.165, 1.54) is 0 Å². The minimum absolute atomic E-state index is 0.593. The minimum atomic E-state index is -2.35. The number of nitrogens with zero attached hydrogens (tertiary/aromatic N) is 1. The molecule has 0 amide bonds. The third kappa shape index (κ3) is 2.43. The lowest BCUT2D eigenvalue weighted by Crippen LogP contribution is -2.10. The summed E-state index contributed by atoms with van der Waals surface area (Å²) in [6, 6.07) is 5.64. The standard InChI is InChI=1S/C12H15N2OPS/c1-8-12(14-7-17-8)9-4-5-10(13)11(6-9)16(2,3)15/h4-7H,13H2,1-3H3. The van der Waals surface area contributed by atoms with Gasteiger partial charge in [-0.3, -0.25) is 0 Å². The number of aryl methyl sites for hydroxylation is 1. The number of anilines is 1. The highest BCUT2D eigenvalue weighted by Crippen LogP contribution is 2.38. The fourth-order valence-corrected chi connectivity index (χ4v) is 3.48. The summed E-state index contributed by atoms with van der Waals surface area (Å²) in [7, 11) is -2.35. The molecule has 3 nitrogen and oxygen atoms in total. The molecule has 0 aliphatic carbocycles. The molecule has 0 spiro atoms. The number of benzene rings is 1. The summed E-state index contributed by atoms with van der Waals surface area (Å²) in [5.41, 5.74) is 10.2. The van der Waals surface area contributed by atoms with E-state index >= 15 is 0 Å². The summed E-state index contributed by atoms with van der Waals surface area (Å²) in [4.78, 5) is 5.48. The van der Waals surface area contributed by atoms with E-state index in [0.29, 0.717) is 5.69 Å². The highest BCUT2D eigenvalue weighted by Gasteiger charge is 2.16. The molecule has 5 heteroatoms. The van der Waals surface area contributed by atoms with Crippen LogP contribution in [0.2, 0.25) is 0 Å². The average Bonchev–Trinajstić information content (AvgIpc) is 2.63. The fraction of sp³-hybridized carbons (Fsp3) is 0.250. The van der Waals surface area contributed by atoms with E-state index in [9.17, 15) is 4.57 Å². The van der Waals surface area contributed by atoms with Crippen LogP contribution in [0.15, 0.2) is 23.7 Å². The van der Waals surface area contributed by atoms with Crippen molar-refractivity contribution in [3.8, 4) is 11.3 Å². The molecule has 17 heavy (non-hydrogen) atoms. The van der Waals surface area contributed by atoms with E-state index in [0.717, 1.165) is 21.4 Å². The molecule has 0 radical (unpaired) electrons. The predicted molar refractivity (Wildman–Crippen MR) is 75.8 cm³/mol. The van der Waals surface area contributed by atoms with Gasteiger partial charge in [-0.15, -0.1) is 11.3 Å². The van der Waals surface area contributed by atoms with Gasteiger partial charge in [0.2, 0.25) is 0 Å². The minimum Gasteiger partial charge on any atom is -0.398 e. The van der Waals surface area contributed by atoms with Gasteiger partial charge in [0.05, 0.1) is 11.2 Å². The zero-order valence-corrected chi connectivity index (χ0v) is 11.8. The molecule has 0 aliphatic heterocycles. The Morgan fingerprint density at radius 1 is 1.35 bits per heavy atom. The predicted octanol–water partition coefficient (Wildman–Crippen LogP) is 2.95. The molecule has 1 aromatic heterocycles. The number of nitrogens with two attached hydrogens (primary N) is 1. The molecule has 1 heterocycles. The van der Waals surface area contributed by atoms with Gasteiger partial charge in [0.25, 0.3) is 0 Å². The van der Waals surface area contributed by atoms with Gasteiger partial charge in [-0.1, -0.05) is 6.07 Å². The number of thiazole rings is 1. The van der Waals surface area contributed by atoms with Crippen LogP contribution in [0.3, 0.4) is 0 Å².